The largest absolute Gasteiger partial charge is 0.484 e. The highest BCUT2D eigenvalue weighted by atomic mass is 16.6. The van der Waals surface area contributed by atoms with Crippen molar-refractivity contribution in [3.8, 4) is 5.75 Å². The van der Waals surface area contributed by atoms with Gasteiger partial charge in [0.15, 0.2) is 6.61 Å². The molecule has 13 heteroatoms. The van der Waals surface area contributed by atoms with Crippen molar-refractivity contribution in [1.82, 2.24) is 25.8 Å². The van der Waals surface area contributed by atoms with E-state index >= 15 is 0 Å². The van der Waals surface area contributed by atoms with Crippen molar-refractivity contribution < 1.29 is 38.2 Å². The van der Waals surface area contributed by atoms with Crippen LogP contribution in [0.25, 0.3) is 0 Å². The average Bonchev–Trinajstić information content (AvgIpc) is 3.16. The van der Waals surface area contributed by atoms with Gasteiger partial charge in [0.1, 0.15) is 17.4 Å². The maximum absolute atomic E-state index is 13.0. The Labute approximate surface area is 244 Å². The second-order valence-corrected chi connectivity index (χ2v) is 11.8. The number of alkyl carbamates (subject to hydrolysis) is 1. The summed E-state index contributed by atoms with van der Waals surface area (Å²) in [6.45, 7) is 8.43. The van der Waals surface area contributed by atoms with Gasteiger partial charge in [-0.15, -0.1) is 0 Å². The zero-order chi connectivity index (χ0) is 30.4. The highest BCUT2D eigenvalue weighted by Gasteiger charge is 2.44. The van der Waals surface area contributed by atoms with Crippen LogP contribution in [0.5, 0.6) is 5.75 Å². The van der Waals surface area contributed by atoms with E-state index in [1.165, 1.54) is 18.2 Å². The highest BCUT2D eigenvalue weighted by molar-refractivity contribution is 6.23. The number of rotatable bonds is 10. The van der Waals surface area contributed by atoms with Gasteiger partial charge in [-0.3, -0.25) is 34.2 Å². The van der Waals surface area contributed by atoms with Gasteiger partial charge in [0.2, 0.25) is 11.8 Å². The fourth-order valence-corrected chi connectivity index (χ4v) is 5.22. The molecule has 3 N–H and O–H groups in total. The Morgan fingerprint density at radius 1 is 1.00 bits per heavy atom. The average molecular weight is 586 g/mol. The van der Waals surface area contributed by atoms with Gasteiger partial charge >= 0.3 is 6.09 Å². The number of piperidine rings is 2. The lowest BCUT2D eigenvalue weighted by atomic mass is 10.0. The zero-order valence-electron chi connectivity index (χ0n) is 24.3. The molecule has 1 aromatic rings. The van der Waals surface area contributed by atoms with Gasteiger partial charge in [0.05, 0.1) is 11.1 Å². The molecule has 3 aliphatic heterocycles. The fourth-order valence-electron chi connectivity index (χ4n) is 5.22. The number of hydrogen-bond donors (Lipinski definition) is 3. The molecule has 4 rings (SSSR count). The number of ether oxygens (including phenoxy) is 2. The number of nitrogens with one attached hydrogen (secondary N) is 3. The number of fused-ring (bicyclic) bond motifs is 1. The summed E-state index contributed by atoms with van der Waals surface area (Å²) in [7, 11) is 0. The number of amides is 6. The van der Waals surface area contributed by atoms with Gasteiger partial charge in [-0.2, -0.15) is 0 Å². The minimum absolute atomic E-state index is 0.0347. The summed E-state index contributed by atoms with van der Waals surface area (Å²) in [4.78, 5) is 76.9. The van der Waals surface area contributed by atoms with Gasteiger partial charge in [0.25, 0.3) is 17.7 Å². The van der Waals surface area contributed by atoms with E-state index in [9.17, 15) is 28.8 Å². The molecule has 0 aromatic heterocycles. The highest BCUT2D eigenvalue weighted by Crippen LogP contribution is 2.30. The molecule has 1 unspecified atom stereocenters. The number of unbranched alkanes of at least 4 members (excludes halogenated alkanes) is 1. The molecule has 0 saturated carbocycles. The molecular formula is C29H39N5O8. The van der Waals surface area contributed by atoms with Crippen LogP contribution in [-0.2, 0) is 19.1 Å². The molecule has 0 spiro atoms. The smallest absolute Gasteiger partial charge is 0.407 e. The van der Waals surface area contributed by atoms with Crippen LogP contribution < -0.4 is 20.7 Å². The molecule has 0 radical (unpaired) electrons. The monoisotopic (exact) mass is 585 g/mol. The Morgan fingerprint density at radius 3 is 2.40 bits per heavy atom. The first-order valence-electron chi connectivity index (χ1n) is 14.4. The third-order valence-electron chi connectivity index (χ3n) is 7.30. The number of likely N-dealkylation sites (tertiary alicyclic amines) is 1. The Kier molecular flexibility index (Phi) is 9.81. The van der Waals surface area contributed by atoms with Crippen molar-refractivity contribution in [2.75, 3.05) is 32.8 Å². The quantitative estimate of drug-likeness (QED) is 0.272. The number of hydrogen-bond acceptors (Lipinski definition) is 9. The van der Waals surface area contributed by atoms with Gasteiger partial charge in [-0.25, -0.2) is 4.79 Å². The number of nitrogens with zero attached hydrogens (tertiary/aromatic N) is 2. The minimum Gasteiger partial charge on any atom is -0.484 e. The van der Waals surface area contributed by atoms with Crippen molar-refractivity contribution in [2.45, 2.75) is 77.0 Å². The molecule has 1 aromatic carbocycles. The van der Waals surface area contributed by atoms with E-state index in [4.69, 9.17) is 9.47 Å². The third kappa shape index (κ3) is 8.05. The molecule has 1 atom stereocenters. The summed E-state index contributed by atoms with van der Waals surface area (Å²) in [6, 6.07) is 3.34. The lowest BCUT2D eigenvalue weighted by Gasteiger charge is -2.32. The second-order valence-electron chi connectivity index (χ2n) is 11.8. The first kappa shape index (κ1) is 30.9. The van der Waals surface area contributed by atoms with Crippen LogP contribution in [0.3, 0.4) is 0 Å². The lowest BCUT2D eigenvalue weighted by Crippen LogP contribution is -2.54. The first-order chi connectivity index (χ1) is 19.9. The van der Waals surface area contributed by atoms with E-state index in [0.29, 0.717) is 6.54 Å². The van der Waals surface area contributed by atoms with Gasteiger partial charge in [-0.1, -0.05) is 0 Å². The van der Waals surface area contributed by atoms with Crippen LogP contribution in [0.2, 0.25) is 0 Å². The SMILES string of the molecule is CC(C)(C)OC(=O)NCCCCN1CCC(NC(=O)COc2ccc3c(c2)C(=O)N(C2CCC(=O)NC2=O)C3=O)CC1. The summed E-state index contributed by atoms with van der Waals surface area (Å²) >= 11 is 0. The molecule has 2 saturated heterocycles. The number of carbonyl (C=O) groups is 6. The number of carbonyl (C=O) groups excluding carboxylic acids is 6. The molecule has 3 aliphatic rings. The Morgan fingerprint density at radius 2 is 1.71 bits per heavy atom. The predicted molar refractivity (Wildman–Crippen MR) is 150 cm³/mol. The molecule has 6 amide bonds. The molecule has 0 aliphatic carbocycles. The predicted octanol–water partition coefficient (Wildman–Crippen LogP) is 1.35. The maximum Gasteiger partial charge on any atom is 0.407 e. The third-order valence-corrected chi connectivity index (χ3v) is 7.30. The van der Waals surface area contributed by atoms with Crippen molar-refractivity contribution in [3.05, 3.63) is 29.3 Å². The van der Waals surface area contributed by atoms with E-state index in [0.717, 1.165) is 50.2 Å². The maximum atomic E-state index is 13.0. The molecule has 228 valence electrons. The Balaban J connectivity index is 1.15. The van der Waals surface area contributed by atoms with E-state index in [1.54, 1.807) is 0 Å². The van der Waals surface area contributed by atoms with E-state index in [1.807, 2.05) is 20.8 Å². The summed E-state index contributed by atoms with van der Waals surface area (Å²) in [5, 5.41) is 7.92. The van der Waals surface area contributed by atoms with E-state index in [-0.39, 0.29) is 48.3 Å². The van der Waals surface area contributed by atoms with Crippen LogP contribution in [0.15, 0.2) is 18.2 Å². The number of benzene rings is 1. The van der Waals surface area contributed by atoms with Crippen LogP contribution >= 0.6 is 0 Å². The standard InChI is InChI=1S/C29H39N5O8/c1-29(2,3)42-28(40)30-12-4-5-13-33-14-10-18(11-15-33)31-24(36)17-41-19-6-7-20-21(16-19)27(39)34(26(20)38)22-8-9-23(35)32-25(22)37/h6-7,16,18,22H,4-5,8-15,17H2,1-3H3,(H,30,40)(H,31,36)(H,32,35,37). The van der Waals surface area contributed by atoms with Crippen LogP contribution in [-0.4, -0.2) is 95.9 Å². The normalized spacial score (nSPS) is 19.8. The topological polar surface area (TPSA) is 163 Å². The van der Waals surface area contributed by atoms with Crippen molar-refractivity contribution >= 4 is 35.6 Å². The Bertz CT molecular complexity index is 1230. The summed E-state index contributed by atoms with van der Waals surface area (Å²) in [5.74, 6) is -2.37. The molecule has 42 heavy (non-hydrogen) atoms. The molecule has 2 fully saturated rings. The van der Waals surface area contributed by atoms with Crippen molar-refractivity contribution in [1.29, 1.82) is 0 Å². The van der Waals surface area contributed by atoms with Crippen LogP contribution in [0.4, 0.5) is 4.79 Å². The zero-order valence-corrected chi connectivity index (χ0v) is 24.3. The van der Waals surface area contributed by atoms with Gasteiger partial charge in [-0.05, 0) is 77.6 Å². The van der Waals surface area contributed by atoms with Crippen LogP contribution in [0, 0.1) is 0 Å². The number of imide groups is 2. The minimum atomic E-state index is -1.04. The summed E-state index contributed by atoms with van der Waals surface area (Å²) < 4.78 is 10.8. The first-order valence-corrected chi connectivity index (χ1v) is 14.4. The van der Waals surface area contributed by atoms with E-state index < -0.39 is 41.4 Å². The van der Waals surface area contributed by atoms with Gasteiger partial charge in [0, 0.05) is 32.1 Å². The van der Waals surface area contributed by atoms with Crippen molar-refractivity contribution in [2.24, 2.45) is 0 Å². The molecular weight excluding hydrogens is 546 g/mol. The summed E-state index contributed by atoms with van der Waals surface area (Å²) in [6.07, 6.45) is 3.14. The lowest BCUT2D eigenvalue weighted by molar-refractivity contribution is -0.136. The molecule has 13 nitrogen and oxygen atoms in total. The van der Waals surface area contributed by atoms with Crippen molar-refractivity contribution in [3.63, 3.8) is 0 Å². The Hall–Kier alpha value is -4.00. The second kappa shape index (κ2) is 13.3. The van der Waals surface area contributed by atoms with Crippen LogP contribution in [0.1, 0.15) is 80.0 Å². The van der Waals surface area contributed by atoms with Gasteiger partial charge < -0.3 is 25.0 Å². The summed E-state index contributed by atoms with van der Waals surface area (Å²) in [5.41, 5.74) is -0.272. The van der Waals surface area contributed by atoms with E-state index in [2.05, 4.69) is 20.9 Å². The fraction of sp³-hybridized carbons (Fsp3) is 0.586. The molecule has 0 bridgehead atoms. The molecule has 3 heterocycles.